The second kappa shape index (κ2) is 54.3. The molecule has 2 N–H and O–H groups in total. The highest BCUT2D eigenvalue weighted by Gasteiger charge is 2.30. The molecular formula is C64H122N2O7P+. The van der Waals surface area contributed by atoms with Crippen molar-refractivity contribution in [3.8, 4) is 0 Å². The summed E-state index contributed by atoms with van der Waals surface area (Å²) in [5.41, 5.74) is 0. The van der Waals surface area contributed by atoms with E-state index in [1.807, 2.05) is 33.3 Å². The molecule has 0 heterocycles. The fourth-order valence-corrected chi connectivity index (χ4v) is 9.82. The Balaban J connectivity index is 5.21. The normalized spacial score (nSPS) is 14.0. The van der Waals surface area contributed by atoms with Crippen LogP contribution in [0.15, 0.2) is 48.6 Å². The van der Waals surface area contributed by atoms with Crippen molar-refractivity contribution in [3.63, 3.8) is 0 Å². The summed E-state index contributed by atoms with van der Waals surface area (Å²) in [6.45, 7) is 6.99. The SMILES string of the molecule is CCCCC/C=C\C/C=C\CCCCCCCCCCCCCC(=O)NC(COP(=O)(O)OCC[N+](C)(C)C)C(/C=C\CCCCCCCCCCCC)OC(=O)CCCCCCCCC/C=C\CCCCCC. The van der Waals surface area contributed by atoms with Crippen LogP contribution in [-0.4, -0.2) is 74.3 Å². The van der Waals surface area contributed by atoms with Gasteiger partial charge in [-0.15, -0.1) is 0 Å². The number of amides is 1. The number of hydrogen-bond acceptors (Lipinski definition) is 6. The van der Waals surface area contributed by atoms with Gasteiger partial charge < -0.3 is 19.4 Å². The predicted octanol–water partition coefficient (Wildman–Crippen LogP) is 19.3. The minimum atomic E-state index is -4.45. The van der Waals surface area contributed by atoms with Crippen LogP contribution in [-0.2, 0) is 27.9 Å². The minimum absolute atomic E-state index is 0.0397. The van der Waals surface area contributed by atoms with E-state index < -0.39 is 20.0 Å². The number of likely N-dealkylation sites (N-methyl/N-ethyl adjacent to an activating group) is 1. The fourth-order valence-electron chi connectivity index (χ4n) is 9.08. The Kier molecular flexibility index (Phi) is 52.8. The van der Waals surface area contributed by atoms with Gasteiger partial charge in [0.05, 0.1) is 33.8 Å². The topological polar surface area (TPSA) is 111 Å². The van der Waals surface area contributed by atoms with Crippen LogP contribution in [0.2, 0.25) is 0 Å². The number of rotatable bonds is 57. The maximum Gasteiger partial charge on any atom is 0.472 e. The van der Waals surface area contributed by atoms with Gasteiger partial charge in [-0.25, -0.2) is 4.57 Å². The van der Waals surface area contributed by atoms with E-state index >= 15 is 0 Å². The Morgan fingerprint density at radius 2 is 0.824 bits per heavy atom. The van der Waals surface area contributed by atoms with Crippen LogP contribution in [0.4, 0.5) is 0 Å². The number of allylic oxidation sites excluding steroid dienone is 7. The number of phosphoric ester groups is 1. The van der Waals surface area contributed by atoms with Gasteiger partial charge >= 0.3 is 13.8 Å². The molecule has 0 aromatic heterocycles. The zero-order valence-electron chi connectivity index (χ0n) is 49.6. The van der Waals surface area contributed by atoms with Crippen molar-refractivity contribution in [3.05, 3.63) is 48.6 Å². The summed E-state index contributed by atoms with van der Waals surface area (Å²) >= 11 is 0. The highest BCUT2D eigenvalue weighted by Crippen LogP contribution is 2.43. The summed E-state index contributed by atoms with van der Waals surface area (Å²) in [4.78, 5) is 37.7. The first kappa shape index (κ1) is 72.0. The Hall–Kier alpha value is -2.03. The summed E-state index contributed by atoms with van der Waals surface area (Å²) in [7, 11) is 1.50. The quantitative estimate of drug-likeness (QED) is 0.0205. The fraction of sp³-hybridized carbons (Fsp3) is 0.844. The average Bonchev–Trinajstić information content (AvgIpc) is 3.36. The van der Waals surface area contributed by atoms with Gasteiger partial charge in [-0.1, -0.05) is 243 Å². The predicted molar refractivity (Wildman–Crippen MR) is 319 cm³/mol. The van der Waals surface area contributed by atoms with E-state index in [-0.39, 0.29) is 31.5 Å². The molecule has 3 atom stereocenters. The Morgan fingerprint density at radius 3 is 1.27 bits per heavy atom. The Labute approximate surface area is 458 Å². The molecule has 9 nitrogen and oxygen atoms in total. The van der Waals surface area contributed by atoms with Crippen LogP contribution in [0.1, 0.15) is 297 Å². The molecule has 0 aliphatic carbocycles. The summed E-state index contributed by atoms with van der Waals surface area (Å²) < 4.78 is 30.7. The molecule has 0 spiro atoms. The van der Waals surface area contributed by atoms with Gasteiger partial charge in [0.1, 0.15) is 19.3 Å². The minimum Gasteiger partial charge on any atom is -0.456 e. The molecule has 0 radical (unpaired) electrons. The van der Waals surface area contributed by atoms with Crippen molar-refractivity contribution in [2.24, 2.45) is 0 Å². The van der Waals surface area contributed by atoms with Gasteiger partial charge in [-0.2, -0.15) is 0 Å². The summed E-state index contributed by atoms with van der Waals surface area (Å²) in [5, 5.41) is 3.06. The lowest BCUT2D eigenvalue weighted by atomic mass is 10.0. The molecule has 0 fully saturated rings. The van der Waals surface area contributed by atoms with E-state index in [1.54, 1.807) is 0 Å². The van der Waals surface area contributed by atoms with Crippen LogP contribution in [0.25, 0.3) is 0 Å². The number of quaternary nitrogens is 1. The molecule has 0 rings (SSSR count). The van der Waals surface area contributed by atoms with Gasteiger partial charge in [0.25, 0.3) is 0 Å². The molecule has 0 saturated carbocycles. The van der Waals surface area contributed by atoms with Crippen LogP contribution < -0.4 is 5.32 Å². The van der Waals surface area contributed by atoms with Crippen molar-refractivity contribution in [1.29, 1.82) is 0 Å². The smallest absolute Gasteiger partial charge is 0.456 e. The van der Waals surface area contributed by atoms with E-state index in [2.05, 4.69) is 62.5 Å². The zero-order valence-corrected chi connectivity index (χ0v) is 50.5. The molecule has 434 valence electrons. The zero-order chi connectivity index (χ0) is 54.3. The number of hydrogen-bond donors (Lipinski definition) is 2. The molecular weight excluding hydrogens is 940 g/mol. The third-order valence-corrected chi connectivity index (χ3v) is 15.0. The van der Waals surface area contributed by atoms with Crippen LogP contribution in [0, 0.1) is 0 Å². The summed E-state index contributed by atoms with van der Waals surface area (Å²) in [6.07, 6.45) is 66.7. The highest BCUT2D eigenvalue weighted by molar-refractivity contribution is 7.47. The van der Waals surface area contributed by atoms with E-state index in [1.165, 1.54) is 193 Å². The summed E-state index contributed by atoms with van der Waals surface area (Å²) in [6, 6.07) is -0.849. The molecule has 10 heteroatoms. The molecule has 0 aromatic rings. The summed E-state index contributed by atoms with van der Waals surface area (Å²) in [5.74, 6) is -0.504. The number of phosphoric acid groups is 1. The highest BCUT2D eigenvalue weighted by atomic mass is 31.2. The monoisotopic (exact) mass is 1060 g/mol. The molecule has 0 aliphatic heterocycles. The second-order valence-corrected chi connectivity index (χ2v) is 24.0. The van der Waals surface area contributed by atoms with Gasteiger partial charge in [0, 0.05) is 12.8 Å². The van der Waals surface area contributed by atoms with Crippen LogP contribution in [0.5, 0.6) is 0 Å². The molecule has 3 unspecified atom stereocenters. The van der Waals surface area contributed by atoms with Crippen molar-refractivity contribution in [1.82, 2.24) is 5.32 Å². The van der Waals surface area contributed by atoms with Crippen molar-refractivity contribution < 1.29 is 37.3 Å². The largest absolute Gasteiger partial charge is 0.472 e. The first-order valence-corrected chi connectivity index (χ1v) is 33.0. The third kappa shape index (κ3) is 54.7. The van der Waals surface area contributed by atoms with E-state index in [0.717, 1.165) is 70.6 Å². The molecule has 0 bridgehead atoms. The number of nitrogens with one attached hydrogen (secondary N) is 1. The molecule has 0 saturated heterocycles. The standard InChI is InChI=1S/C64H121N2O7P/c1-7-10-13-16-19-22-25-28-30-31-32-33-34-35-37-38-41-44-47-50-53-56-63(67)65-61(60-72-74(69,70)71-59-58-66(4,5)6)62(55-52-49-46-43-40-27-24-21-18-15-12-9-3)73-64(68)57-54-51-48-45-42-39-36-29-26-23-20-17-14-11-8-2/h19,22-23,26,28,30,52,55,61-62H,7-18,20-21,24-25,27,29,31-51,53-54,56-60H2,1-6H3,(H-,65,67,69,70)/p+1/b22-19-,26-23-,30-28-,55-52-. The lowest BCUT2D eigenvalue weighted by molar-refractivity contribution is -0.870. The number of esters is 1. The lowest BCUT2D eigenvalue weighted by Crippen LogP contribution is -2.47. The van der Waals surface area contributed by atoms with Crippen LogP contribution >= 0.6 is 7.82 Å². The van der Waals surface area contributed by atoms with Gasteiger partial charge in [0.2, 0.25) is 5.91 Å². The number of unbranched alkanes of at least 4 members (excludes halogenated alkanes) is 35. The molecule has 74 heavy (non-hydrogen) atoms. The first-order chi connectivity index (χ1) is 35.9. The maximum atomic E-state index is 13.5. The third-order valence-electron chi connectivity index (χ3n) is 14.0. The number of nitrogens with zero attached hydrogens (tertiary/aromatic N) is 1. The Morgan fingerprint density at radius 1 is 0.473 bits per heavy atom. The number of carbonyl (C=O) groups excluding carboxylic acids is 2. The van der Waals surface area contributed by atoms with Crippen LogP contribution in [0.3, 0.4) is 0 Å². The number of carbonyl (C=O) groups is 2. The van der Waals surface area contributed by atoms with Crippen molar-refractivity contribution in [2.75, 3.05) is 40.9 Å². The van der Waals surface area contributed by atoms with Gasteiger partial charge in [0.15, 0.2) is 0 Å². The van der Waals surface area contributed by atoms with Crippen molar-refractivity contribution >= 4 is 19.7 Å². The van der Waals surface area contributed by atoms with E-state index in [0.29, 0.717) is 17.4 Å². The van der Waals surface area contributed by atoms with Gasteiger partial charge in [-0.3, -0.25) is 18.6 Å². The second-order valence-electron chi connectivity index (χ2n) is 22.6. The first-order valence-electron chi connectivity index (χ1n) is 31.5. The Bertz CT molecular complexity index is 1410. The molecule has 0 aromatic carbocycles. The number of ether oxygens (including phenoxy) is 1. The van der Waals surface area contributed by atoms with E-state index in [9.17, 15) is 19.0 Å². The maximum absolute atomic E-state index is 13.5. The molecule has 0 aliphatic rings. The van der Waals surface area contributed by atoms with Crippen molar-refractivity contribution in [2.45, 2.75) is 309 Å². The average molecular weight is 1060 g/mol. The lowest BCUT2D eigenvalue weighted by Gasteiger charge is -2.27. The van der Waals surface area contributed by atoms with E-state index in [4.69, 9.17) is 13.8 Å². The molecule has 1 amide bonds. The van der Waals surface area contributed by atoms with Gasteiger partial charge in [-0.05, 0) is 89.5 Å².